The maximum absolute atomic E-state index is 12.6. The number of aliphatic hydroxyl groups excluding tert-OH is 1. The van der Waals surface area contributed by atoms with Crippen LogP contribution >= 0.6 is 11.8 Å². The molecule has 2 aromatic carbocycles. The van der Waals surface area contributed by atoms with Crippen LogP contribution in [0.4, 0.5) is 5.69 Å². The van der Waals surface area contributed by atoms with Gasteiger partial charge in [-0.25, -0.2) is 0 Å². The molecule has 1 saturated heterocycles. The summed E-state index contributed by atoms with van der Waals surface area (Å²) in [4.78, 5) is 18.7. The lowest BCUT2D eigenvalue weighted by Gasteiger charge is -2.36. The van der Waals surface area contributed by atoms with Gasteiger partial charge in [-0.15, -0.1) is 11.8 Å². The highest BCUT2D eigenvalue weighted by Gasteiger charge is 2.18. The molecule has 4 rings (SSSR count). The van der Waals surface area contributed by atoms with Crippen molar-refractivity contribution < 1.29 is 14.6 Å². The Bertz CT molecular complexity index is 986. The summed E-state index contributed by atoms with van der Waals surface area (Å²) in [6.45, 7) is 5.95. The van der Waals surface area contributed by atoms with Crippen molar-refractivity contribution in [1.29, 1.82) is 0 Å². The number of unbranched alkanes of at least 4 members (excludes halogenated alkanes) is 1. The van der Waals surface area contributed by atoms with Crippen molar-refractivity contribution in [2.75, 3.05) is 57.0 Å². The van der Waals surface area contributed by atoms with E-state index < -0.39 is 0 Å². The predicted octanol–water partition coefficient (Wildman–Crippen LogP) is 3.40. The number of benzene rings is 2. The van der Waals surface area contributed by atoms with Crippen LogP contribution in [0.15, 0.2) is 52.9 Å². The number of piperazine rings is 1. The maximum atomic E-state index is 12.6. The molecule has 0 bridgehead atoms. The summed E-state index contributed by atoms with van der Waals surface area (Å²) < 4.78 is 5.30. The molecule has 1 fully saturated rings. The average molecular weight is 468 g/mol. The Kier molecular flexibility index (Phi) is 8.31. The zero-order valence-corrected chi connectivity index (χ0v) is 20.1. The number of hydrogen-bond donors (Lipinski definition) is 2. The number of amides is 1. The highest BCUT2D eigenvalue weighted by atomic mass is 32.2. The number of ether oxygens (including phenoxy) is 1. The molecule has 2 aliphatic heterocycles. The first-order chi connectivity index (χ1) is 16.2. The smallest absolute Gasteiger partial charge is 0.248 e. The number of methoxy groups -OCH3 is 1. The van der Waals surface area contributed by atoms with Gasteiger partial charge in [0.1, 0.15) is 5.75 Å². The minimum absolute atomic E-state index is 0.0368. The summed E-state index contributed by atoms with van der Waals surface area (Å²) in [5.74, 6) is 1.55. The SMILES string of the molecule is COc1ccc2c(c1)C=C(C(=O)NCCCCN1CCN(c3cccc(CO)c3)CC1)CS2. The van der Waals surface area contributed by atoms with Gasteiger partial charge in [0.2, 0.25) is 5.91 Å². The van der Waals surface area contributed by atoms with Crippen LogP contribution in [0, 0.1) is 0 Å². The van der Waals surface area contributed by atoms with Crippen LogP contribution in [0.5, 0.6) is 5.75 Å². The van der Waals surface area contributed by atoms with Gasteiger partial charge in [0, 0.05) is 54.6 Å². The van der Waals surface area contributed by atoms with Gasteiger partial charge in [-0.2, -0.15) is 0 Å². The van der Waals surface area contributed by atoms with Crippen molar-refractivity contribution in [1.82, 2.24) is 10.2 Å². The molecule has 1 amide bonds. The minimum atomic E-state index is 0.0368. The van der Waals surface area contributed by atoms with E-state index >= 15 is 0 Å². The van der Waals surface area contributed by atoms with Crippen LogP contribution in [-0.2, 0) is 11.4 Å². The third-order valence-corrected chi connectivity index (χ3v) is 7.38. The molecule has 2 aromatic rings. The number of aliphatic hydroxyl groups is 1. The standard InChI is InChI=1S/C26H33N3O3S/c1-32-24-7-8-25-21(17-24)16-22(19-33-25)26(31)27-9-2-3-10-28-11-13-29(14-12-28)23-6-4-5-20(15-23)18-30/h4-8,15-17,30H,2-3,9-14,18-19H2,1H3,(H,27,31). The molecular formula is C26H33N3O3S. The Balaban J connectivity index is 1.15. The number of thioether (sulfide) groups is 1. The van der Waals surface area contributed by atoms with Crippen molar-refractivity contribution in [3.8, 4) is 5.75 Å². The van der Waals surface area contributed by atoms with E-state index in [-0.39, 0.29) is 12.5 Å². The number of anilines is 1. The molecule has 7 heteroatoms. The second kappa shape index (κ2) is 11.6. The van der Waals surface area contributed by atoms with Gasteiger partial charge in [-0.3, -0.25) is 9.69 Å². The van der Waals surface area contributed by atoms with Crippen molar-refractivity contribution in [3.05, 3.63) is 59.2 Å². The number of carbonyl (C=O) groups excluding carboxylic acids is 1. The molecule has 33 heavy (non-hydrogen) atoms. The summed E-state index contributed by atoms with van der Waals surface area (Å²) in [7, 11) is 1.66. The highest BCUT2D eigenvalue weighted by molar-refractivity contribution is 7.99. The minimum Gasteiger partial charge on any atom is -0.497 e. The first-order valence-electron chi connectivity index (χ1n) is 11.6. The van der Waals surface area contributed by atoms with Crippen molar-refractivity contribution >= 4 is 29.4 Å². The first kappa shape index (κ1) is 23.7. The lowest BCUT2D eigenvalue weighted by Crippen LogP contribution is -2.46. The van der Waals surface area contributed by atoms with Gasteiger partial charge in [0.05, 0.1) is 13.7 Å². The summed E-state index contributed by atoms with van der Waals surface area (Å²) in [5.41, 5.74) is 4.03. The first-order valence-corrected chi connectivity index (χ1v) is 12.6. The third-order valence-electron chi connectivity index (χ3n) is 6.24. The molecule has 2 heterocycles. The van der Waals surface area contributed by atoms with E-state index in [1.165, 1.54) is 10.6 Å². The van der Waals surface area contributed by atoms with Gasteiger partial charge in [-0.05, 0) is 66.9 Å². The molecule has 2 aliphatic rings. The summed E-state index contributed by atoms with van der Waals surface area (Å²) in [6, 6.07) is 14.2. The number of hydrogen-bond acceptors (Lipinski definition) is 6. The molecular weight excluding hydrogens is 434 g/mol. The molecule has 0 aliphatic carbocycles. The summed E-state index contributed by atoms with van der Waals surface area (Å²) in [5, 5.41) is 12.4. The van der Waals surface area contributed by atoms with Crippen LogP contribution in [0.1, 0.15) is 24.0 Å². The van der Waals surface area contributed by atoms with Gasteiger partial charge < -0.3 is 20.1 Å². The lowest BCUT2D eigenvalue weighted by molar-refractivity contribution is -0.117. The quantitative estimate of drug-likeness (QED) is 0.551. The Hall–Kier alpha value is -2.48. The topological polar surface area (TPSA) is 65.0 Å². The van der Waals surface area contributed by atoms with Gasteiger partial charge in [0.25, 0.3) is 0 Å². The maximum Gasteiger partial charge on any atom is 0.248 e. The van der Waals surface area contributed by atoms with E-state index in [4.69, 9.17) is 4.74 Å². The lowest BCUT2D eigenvalue weighted by atomic mass is 10.1. The van der Waals surface area contributed by atoms with Crippen molar-refractivity contribution in [2.24, 2.45) is 0 Å². The van der Waals surface area contributed by atoms with E-state index in [1.54, 1.807) is 18.9 Å². The normalized spacial score (nSPS) is 16.2. The Morgan fingerprint density at radius 1 is 1.12 bits per heavy atom. The largest absolute Gasteiger partial charge is 0.497 e. The van der Waals surface area contributed by atoms with Gasteiger partial charge >= 0.3 is 0 Å². The average Bonchev–Trinajstić information content (AvgIpc) is 2.88. The molecule has 0 radical (unpaired) electrons. The molecule has 0 atom stereocenters. The fraction of sp³-hybridized carbons (Fsp3) is 0.423. The van der Waals surface area contributed by atoms with E-state index in [1.807, 2.05) is 30.3 Å². The van der Waals surface area contributed by atoms with Crippen molar-refractivity contribution in [2.45, 2.75) is 24.3 Å². The molecule has 176 valence electrons. The van der Waals surface area contributed by atoms with Gasteiger partial charge in [0.15, 0.2) is 0 Å². The molecule has 0 saturated carbocycles. The predicted molar refractivity (Wildman–Crippen MR) is 135 cm³/mol. The van der Waals surface area contributed by atoms with E-state index in [0.29, 0.717) is 12.3 Å². The molecule has 0 aromatic heterocycles. The number of fused-ring (bicyclic) bond motifs is 1. The monoisotopic (exact) mass is 467 g/mol. The van der Waals surface area contributed by atoms with Crippen LogP contribution < -0.4 is 15.0 Å². The zero-order valence-electron chi connectivity index (χ0n) is 19.3. The van der Waals surface area contributed by atoms with Crippen molar-refractivity contribution in [3.63, 3.8) is 0 Å². The van der Waals surface area contributed by atoms with Crippen LogP contribution in [0.2, 0.25) is 0 Å². The number of carbonyl (C=O) groups is 1. The van der Waals surface area contributed by atoms with Crippen LogP contribution in [-0.4, -0.2) is 68.0 Å². The number of nitrogens with one attached hydrogen (secondary N) is 1. The van der Waals surface area contributed by atoms with Crippen LogP contribution in [0.3, 0.4) is 0 Å². The molecule has 2 N–H and O–H groups in total. The van der Waals surface area contributed by atoms with E-state index in [0.717, 1.165) is 68.0 Å². The zero-order chi connectivity index (χ0) is 23.0. The van der Waals surface area contributed by atoms with E-state index in [2.05, 4.69) is 33.3 Å². The molecule has 6 nitrogen and oxygen atoms in total. The Labute approximate surface area is 200 Å². The third kappa shape index (κ3) is 6.31. The highest BCUT2D eigenvalue weighted by Crippen LogP contribution is 2.34. The molecule has 0 unspecified atom stereocenters. The summed E-state index contributed by atoms with van der Waals surface area (Å²) in [6.07, 6.45) is 4.04. The fourth-order valence-corrected chi connectivity index (χ4v) is 5.25. The van der Waals surface area contributed by atoms with E-state index in [9.17, 15) is 9.90 Å². The Morgan fingerprint density at radius 3 is 2.76 bits per heavy atom. The number of rotatable bonds is 9. The van der Waals surface area contributed by atoms with Gasteiger partial charge in [-0.1, -0.05) is 12.1 Å². The van der Waals surface area contributed by atoms with Crippen LogP contribution in [0.25, 0.3) is 6.08 Å². The summed E-state index contributed by atoms with van der Waals surface area (Å²) >= 11 is 1.70. The molecule has 0 spiro atoms. The second-order valence-corrected chi connectivity index (χ2v) is 9.50. The Morgan fingerprint density at radius 2 is 1.97 bits per heavy atom. The fourth-order valence-electron chi connectivity index (χ4n) is 4.27. The second-order valence-electron chi connectivity index (χ2n) is 8.48. The number of nitrogens with zero attached hydrogens (tertiary/aromatic N) is 2.